The van der Waals surface area contributed by atoms with E-state index in [1.165, 1.54) is 34.4 Å². The highest BCUT2D eigenvalue weighted by Gasteiger charge is 2.11. The first kappa shape index (κ1) is 14.2. The van der Waals surface area contributed by atoms with Crippen LogP contribution in [-0.2, 0) is 11.2 Å². The zero-order valence-corrected chi connectivity index (χ0v) is 13.0. The number of carbonyl (C=O) groups is 1. The Morgan fingerprint density at radius 3 is 2.76 bits per heavy atom. The Balaban J connectivity index is 1.73. The average Bonchev–Trinajstić information content (AvgIpc) is 3.09. The van der Waals surface area contributed by atoms with E-state index < -0.39 is 5.97 Å². The second-order valence-corrected chi connectivity index (χ2v) is 7.41. The molecule has 0 aliphatic rings. The van der Waals surface area contributed by atoms with Crippen molar-refractivity contribution in [3.8, 4) is 11.3 Å². The van der Waals surface area contributed by atoms with Gasteiger partial charge in [-0.25, -0.2) is 4.98 Å². The van der Waals surface area contributed by atoms with E-state index >= 15 is 0 Å². The third-order valence-electron chi connectivity index (χ3n) is 2.48. The van der Waals surface area contributed by atoms with Crippen molar-refractivity contribution in [1.29, 1.82) is 0 Å². The number of benzene rings is 1. The van der Waals surface area contributed by atoms with Crippen LogP contribution in [0.1, 0.15) is 5.01 Å². The van der Waals surface area contributed by atoms with Gasteiger partial charge in [0.25, 0.3) is 0 Å². The van der Waals surface area contributed by atoms with Gasteiger partial charge in [-0.1, -0.05) is 41.7 Å². The van der Waals surface area contributed by atoms with Gasteiger partial charge >= 0.3 is 5.97 Å². The molecule has 8 heteroatoms. The van der Waals surface area contributed by atoms with Gasteiger partial charge in [-0.05, 0) is 11.8 Å². The zero-order chi connectivity index (χ0) is 14.7. The molecule has 0 saturated heterocycles. The lowest BCUT2D eigenvalue weighted by Crippen LogP contribution is -1.98. The quantitative estimate of drug-likeness (QED) is 0.770. The van der Waals surface area contributed by atoms with Crippen LogP contribution in [0.15, 0.2) is 44.4 Å². The highest BCUT2D eigenvalue weighted by atomic mass is 32.2. The van der Waals surface area contributed by atoms with Crippen LogP contribution in [0.25, 0.3) is 11.3 Å². The summed E-state index contributed by atoms with van der Waals surface area (Å²) in [5.74, 6) is -0.900. The van der Waals surface area contributed by atoms with Gasteiger partial charge in [-0.2, -0.15) is 0 Å². The maximum atomic E-state index is 10.6. The molecule has 5 nitrogen and oxygen atoms in total. The molecule has 1 aromatic carbocycles. The third-order valence-corrected chi connectivity index (χ3v) is 5.39. The maximum Gasteiger partial charge on any atom is 0.310 e. The van der Waals surface area contributed by atoms with E-state index in [-0.39, 0.29) is 6.42 Å². The van der Waals surface area contributed by atoms with E-state index in [0.717, 1.165) is 15.6 Å². The van der Waals surface area contributed by atoms with Gasteiger partial charge in [0, 0.05) is 10.9 Å². The summed E-state index contributed by atoms with van der Waals surface area (Å²) in [7, 11) is 0. The lowest BCUT2D eigenvalue weighted by Gasteiger charge is -1.93. The van der Waals surface area contributed by atoms with Gasteiger partial charge in [-0.15, -0.1) is 21.5 Å². The van der Waals surface area contributed by atoms with E-state index in [4.69, 9.17) is 5.11 Å². The van der Waals surface area contributed by atoms with E-state index in [1.54, 1.807) is 0 Å². The lowest BCUT2D eigenvalue weighted by atomic mass is 10.2. The lowest BCUT2D eigenvalue weighted by molar-refractivity contribution is -0.136. The largest absolute Gasteiger partial charge is 0.481 e. The van der Waals surface area contributed by atoms with Gasteiger partial charge in [0.15, 0.2) is 8.68 Å². The van der Waals surface area contributed by atoms with Crippen LogP contribution in [0.3, 0.4) is 0 Å². The number of thiazole rings is 1. The number of carboxylic acid groups (broad SMARTS) is 1. The molecule has 106 valence electrons. The minimum absolute atomic E-state index is 0.0919. The number of nitrogens with zero attached hydrogens (tertiary/aromatic N) is 3. The van der Waals surface area contributed by atoms with Crippen molar-refractivity contribution in [3.05, 3.63) is 40.7 Å². The van der Waals surface area contributed by atoms with Gasteiger partial charge in [0.1, 0.15) is 5.01 Å². The molecule has 0 fully saturated rings. The highest BCUT2D eigenvalue weighted by Crippen LogP contribution is 2.34. The van der Waals surface area contributed by atoms with Crippen LogP contribution in [0.4, 0.5) is 0 Å². The second-order valence-electron chi connectivity index (χ2n) is 4.00. The van der Waals surface area contributed by atoms with Crippen LogP contribution in [0.2, 0.25) is 0 Å². The smallest absolute Gasteiger partial charge is 0.310 e. The first-order chi connectivity index (χ1) is 10.2. The summed E-state index contributed by atoms with van der Waals surface area (Å²) in [4.78, 5) is 15.2. The molecular weight excluding hydrogens is 326 g/mol. The van der Waals surface area contributed by atoms with Crippen LogP contribution < -0.4 is 0 Å². The predicted molar refractivity (Wildman–Crippen MR) is 82.9 cm³/mol. The molecule has 0 amide bonds. The SMILES string of the molecule is O=C(O)Cc1nnc(Sc2nc(-c3ccccc3)cs2)s1. The summed E-state index contributed by atoms with van der Waals surface area (Å²) < 4.78 is 1.58. The number of hydrogen-bond donors (Lipinski definition) is 1. The molecule has 2 heterocycles. The average molecular weight is 335 g/mol. The molecule has 0 aliphatic carbocycles. The van der Waals surface area contributed by atoms with E-state index in [0.29, 0.717) is 9.35 Å². The summed E-state index contributed by atoms with van der Waals surface area (Å²) in [5, 5.41) is 19.1. The molecule has 0 bridgehead atoms. The first-order valence-electron chi connectivity index (χ1n) is 5.93. The number of carboxylic acids is 1. The predicted octanol–water partition coefficient (Wildman–Crippen LogP) is 3.44. The number of hydrogen-bond acceptors (Lipinski definition) is 7. The molecule has 3 aromatic rings. The molecule has 0 atom stereocenters. The molecule has 3 rings (SSSR count). The Morgan fingerprint density at radius 2 is 2.00 bits per heavy atom. The van der Waals surface area contributed by atoms with Crippen LogP contribution in [0, 0.1) is 0 Å². The Labute approximate surface area is 132 Å². The summed E-state index contributed by atoms with van der Waals surface area (Å²) >= 11 is 4.23. The molecule has 0 aliphatic heterocycles. The number of aliphatic carboxylic acids is 1. The molecule has 0 saturated carbocycles. The van der Waals surface area contributed by atoms with Crippen molar-refractivity contribution >= 4 is 40.4 Å². The molecular formula is C13H9N3O2S3. The molecule has 0 spiro atoms. The Hall–Kier alpha value is -1.77. The Morgan fingerprint density at radius 1 is 1.19 bits per heavy atom. The van der Waals surface area contributed by atoms with Crippen molar-refractivity contribution in [3.63, 3.8) is 0 Å². The fourth-order valence-corrected chi connectivity index (χ4v) is 4.51. The highest BCUT2D eigenvalue weighted by molar-refractivity contribution is 8.02. The Bertz CT molecular complexity index is 755. The molecule has 0 radical (unpaired) electrons. The van der Waals surface area contributed by atoms with Gasteiger partial charge in [0.05, 0.1) is 12.1 Å². The standard InChI is InChI=1S/C13H9N3O2S3/c17-11(18)6-10-15-16-13(20-10)21-12-14-9(7-19-12)8-4-2-1-3-5-8/h1-5,7H,6H2,(H,17,18). The van der Waals surface area contributed by atoms with Gasteiger partial charge in [-0.3, -0.25) is 4.79 Å². The van der Waals surface area contributed by atoms with Crippen molar-refractivity contribution in [1.82, 2.24) is 15.2 Å². The van der Waals surface area contributed by atoms with E-state index in [2.05, 4.69) is 15.2 Å². The summed E-state index contributed by atoms with van der Waals surface area (Å²) in [6.07, 6.45) is -0.0919. The Kier molecular flexibility index (Phi) is 4.28. The van der Waals surface area contributed by atoms with E-state index in [9.17, 15) is 4.79 Å². The third kappa shape index (κ3) is 3.66. The molecule has 0 unspecified atom stereocenters. The van der Waals surface area contributed by atoms with Crippen molar-refractivity contribution in [2.75, 3.05) is 0 Å². The minimum Gasteiger partial charge on any atom is -0.481 e. The van der Waals surface area contributed by atoms with Gasteiger partial charge in [0.2, 0.25) is 0 Å². The fraction of sp³-hybridized carbons (Fsp3) is 0.0769. The van der Waals surface area contributed by atoms with Crippen molar-refractivity contribution < 1.29 is 9.90 Å². The number of rotatable bonds is 5. The van der Waals surface area contributed by atoms with Crippen LogP contribution in [-0.4, -0.2) is 26.3 Å². The monoisotopic (exact) mass is 335 g/mol. The van der Waals surface area contributed by atoms with E-state index in [1.807, 2.05) is 35.7 Å². The minimum atomic E-state index is -0.900. The second kappa shape index (κ2) is 6.33. The van der Waals surface area contributed by atoms with Gasteiger partial charge < -0.3 is 5.11 Å². The molecule has 2 aromatic heterocycles. The fourth-order valence-electron chi connectivity index (χ4n) is 1.60. The van der Waals surface area contributed by atoms with Crippen LogP contribution in [0.5, 0.6) is 0 Å². The summed E-state index contributed by atoms with van der Waals surface area (Å²) in [6.45, 7) is 0. The maximum absolute atomic E-state index is 10.6. The van der Waals surface area contributed by atoms with Crippen molar-refractivity contribution in [2.24, 2.45) is 0 Å². The summed E-state index contributed by atoms with van der Waals surface area (Å²) in [5.41, 5.74) is 2.00. The molecule has 1 N–H and O–H groups in total. The zero-order valence-electron chi connectivity index (χ0n) is 10.6. The van der Waals surface area contributed by atoms with Crippen LogP contribution >= 0.6 is 34.4 Å². The number of aromatic nitrogens is 3. The first-order valence-corrected chi connectivity index (χ1v) is 8.45. The van der Waals surface area contributed by atoms with Crippen molar-refractivity contribution in [2.45, 2.75) is 15.1 Å². The normalized spacial score (nSPS) is 10.7. The molecule has 21 heavy (non-hydrogen) atoms. The summed E-state index contributed by atoms with van der Waals surface area (Å²) in [6, 6.07) is 9.95. The topological polar surface area (TPSA) is 76.0 Å².